The molecule has 1 fully saturated rings. The molecule has 0 aromatic carbocycles. The molecule has 4 nitrogen and oxygen atoms in total. The Hall–Kier alpha value is -1.58. The van der Waals surface area contributed by atoms with Crippen molar-refractivity contribution in [1.29, 1.82) is 0 Å². The lowest BCUT2D eigenvalue weighted by Crippen LogP contribution is -2.16. The molecule has 0 saturated heterocycles. The zero-order valence-electron chi connectivity index (χ0n) is 11.5. The lowest BCUT2D eigenvalue weighted by Gasteiger charge is -2.26. The maximum atomic E-state index is 4.40. The van der Waals surface area contributed by atoms with Crippen molar-refractivity contribution in [3.8, 4) is 0 Å². The summed E-state index contributed by atoms with van der Waals surface area (Å²) in [5, 5.41) is 7.68. The van der Waals surface area contributed by atoms with E-state index >= 15 is 0 Å². The van der Waals surface area contributed by atoms with Gasteiger partial charge in [0.15, 0.2) is 5.82 Å². The molecule has 1 aliphatic carbocycles. The van der Waals surface area contributed by atoms with Crippen LogP contribution >= 0.6 is 0 Å². The molecule has 1 saturated carbocycles. The first-order valence-corrected chi connectivity index (χ1v) is 7.35. The summed E-state index contributed by atoms with van der Waals surface area (Å²) in [4.78, 5) is 4.40. The van der Waals surface area contributed by atoms with Gasteiger partial charge in [-0.2, -0.15) is 5.10 Å². The molecule has 4 heteroatoms. The molecule has 102 valence electrons. The third-order valence-corrected chi connectivity index (χ3v) is 4.30. The van der Waals surface area contributed by atoms with Crippen molar-refractivity contribution < 1.29 is 0 Å². The Morgan fingerprint density at radius 3 is 2.95 bits per heavy atom. The Kier molecular flexibility index (Phi) is 3.67. The van der Waals surface area contributed by atoms with E-state index in [-0.39, 0.29) is 0 Å². The van der Waals surface area contributed by atoms with Crippen LogP contribution in [-0.2, 0) is 0 Å². The number of fused-ring (bicyclic) bond motifs is 1. The Morgan fingerprint density at radius 1 is 1.26 bits per heavy atom. The number of anilines is 1. The highest BCUT2D eigenvalue weighted by atomic mass is 15.2. The zero-order chi connectivity index (χ0) is 13.1. The SMILES string of the molecule is CC1CCC(CCNc2nccn3nccc23)CC1. The molecule has 0 atom stereocenters. The fourth-order valence-electron chi connectivity index (χ4n) is 3.01. The zero-order valence-corrected chi connectivity index (χ0v) is 11.5. The lowest BCUT2D eigenvalue weighted by atomic mass is 9.81. The third kappa shape index (κ3) is 2.88. The number of nitrogens with one attached hydrogen (secondary N) is 1. The van der Waals surface area contributed by atoms with Crippen LogP contribution in [0.15, 0.2) is 24.7 Å². The van der Waals surface area contributed by atoms with Crippen LogP contribution in [0, 0.1) is 11.8 Å². The number of rotatable bonds is 4. The van der Waals surface area contributed by atoms with Crippen molar-refractivity contribution in [2.24, 2.45) is 11.8 Å². The van der Waals surface area contributed by atoms with E-state index in [9.17, 15) is 0 Å². The van der Waals surface area contributed by atoms with E-state index in [1.165, 1.54) is 32.1 Å². The fourth-order valence-corrected chi connectivity index (χ4v) is 3.01. The Morgan fingerprint density at radius 2 is 2.11 bits per heavy atom. The molecule has 2 heterocycles. The summed E-state index contributed by atoms with van der Waals surface area (Å²) in [6.07, 6.45) is 12.3. The van der Waals surface area contributed by atoms with Crippen LogP contribution in [0.5, 0.6) is 0 Å². The summed E-state index contributed by atoms with van der Waals surface area (Å²) in [6, 6.07) is 2.00. The van der Waals surface area contributed by atoms with Crippen LogP contribution in [0.4, 0.5) is 5.82 Å². The van der Waals surface area contributed by atoms with Gasteiger partial charge in [0.25, 0.3) is 0 Å². The van der Waals surface area contributed by atoms with E-state index in [1.807, 2.05) is 23.0 Å². The first kappa shape index (κ1) is 12.5. The van der Waals surface area contributed by atoms with Gasteiger partial charge in [0.05, 0.1) is 6.20 Å². The van der Waals surface area contributed by atoms with Crippen LogP contribution < -0.4 is 5.32 Å². The minimum atomic E-state index is 0.897. The highest BCUT2D eigenvalue weighted by molar-refractivity contribution is 5.66. The molecule has 1 aliphatic rings. The smallest absolute Gasteiger partial charge is 0.152 e. The van der Waals surface area contributed by atoms with Gasteiger partial charge in [-0.3, -0.25) is 0 Å². The van der Waals surface area contributed by atoms with Crippen molar-refractivity contribution in [2.75, 3.05) is 11.9 Å². The third-order valence-electron chi connectivity index (χ3n) is 4.30. The van der Waals surface area contributed by atoms with Gasteiger partial charge >= 0.3 is 0 Å². The second-order valence-corrected chi connectivity index (χ2v) is 5.78. The largest absolute Gasteiger partial charge is 0.368 e. The molecule has 0 bridgehead atoms. The quantitative estimate of drug-likeness (QED) is 0.914. The summed E-state index contributed by atoms with van der Waals surface area (Å²) in [5.74, 6) is 2.78. The predicted molar refractivity (Wildman–Crippen MR) is 77.2 cm³/mol. The van der Waals surface area contributed by atoms with Gasteiger partial charge in [-0.1, -0.05) is 32.6 Å². The molecular formula is C15H22N4. The summed E-state index contributed by atoms with van der Waals surface area (Å²) < 4.78 is 1.86. The van der Waals surface area contributed by atoms with Crippen LogP contribution in [0.25, 0.3) is 5.52 Å². The minimum absolute atomic E-state index is 0.897. The van der Waals surface area contributed by atoms with Gasteiger partial charge in [0.2, 0.25) is 0 Å². The van der Waals surface area contributed by atoms with Gasteiger partial charge in [-0.05, 0) is 24.3 Å². The minimum Gasteiger partial charge on any atom is -0.368 e. The first-order chi connectivity index (χ1) is 9.33. The van der Waals surface area contributed by atoms with E-state index < -0.39 is 0 Å². The number of hydrogen-bond donors (Lipinski definition) is 1. The Bertz CT molecular complexity index is 526. The molecule has 0 aliphatic heterocycles. The van der Waals surface area contributed by atoms with E-state index in [1.54, 1.807) is 6.20 Å². The Labute approximate surface area is 114 Å². The monoisotopic (exact) mass is 258 g/mol. The molecule has 0 radical (unpaired) electrons. The second kappa shape index (κ2) is 5.59. The number of hydrogen-bond acceptors (Lipinski definition) is 3. The van der Waals surface area contributed by atoms with Gasteiger partial charge < -0.3 is 5.32 Å². The average molecular weight is 258 g/mol. The van der Waals surface area contributed by atoms with Crippen LogP contribution in [0.2, 0.25) is 0 Å². The van der Waals surface area contributed by atoms with Crippen molar-refractivity contribution in [3.63, 3.8) is 0 Å². The van der Waals surface area contributed by atoms with E-state index in [0.29, 0.717) is 0 Å². The predicted octanol–water partition coefficient (Wildman–Crippen LogP) is 3.36. The molecular weight excluding hydrogens is 236 g/mol. The maximum Gasteiger partial charge on any atom is 0.152 e. The summed E-state index contributed by atoms with van der Waals surface area (Å²) in [5.41, 5.74) is 1.06. The first-order valence-electron chi connectivity index (χ1n) is 7.35. The van der Waals surface area contributed by atoms with Crippen LogP contribution in [0.3, 0.4) is 0 Å². The molecule has 3 rings (SSSR count). The highest BCUT2D eigenvalue weighted by Crippen LogP contribution is 2.30. The summed E-state index contributed by atoms with van der Waals surface area (Å²) in [6.45, 7) is 3.38. The molecule has 0 amide bonds. The van der Waals surface area contributed by atoms with Crippen molar-refractivity contribution in [1.82, 2.24) is 14.6 Å². The maximum absolute atomic E-state index is 4.40. The van der Waals surface area contributed by atoms with Crippen LogP contribution in [-0.4, -0.2) is 21.1 Å². The van der Waals surface area contributed by atoms with Crippen molar-refractivity contribution in [3.05, 3.63) is 24.7 Å². The molecule has 19 heavy (non-hydrogen) atoms. The van der Waals surface area contributed by atoms with Crippen molar-refractivity contribution >= 4 is 11.3 Å². The molecule has 2 aromatic rings. The topological polar surface area (TPSA) is 42.2 Å². The molecule has 0 unspecified atom stereocenters. The fraction of sp³-hybridized carbons (Fsp3) is 0.600. The Balaban J connectivity index is 1.53. The normalized spacial score (nSPS) is 23.6. The number of aromatic nitrogens is 3. The second-order valence-electron chi connectivity index (χ2n) is 5.78. The van der Waals surface area contributed by atoms with Crippen LogP contribution in [0.1, 0.15) is 39.0 Å². The van der Waals surface area contributed by atoms with Gasteiger partial charge in [0.1, 0.15) is 5.52 Å². The van der Waals surface area contributed by atoms with E-state index in [4.69, 9.17) is 0 Å². The van der Waals surface area contributed by atoms with Crippen molar-refractivity contribution in [2.45, 2.75) is 39.0 Å². The number of nitrogens with zero attached hydrogens (tertiary/aromatic N) is 3. The highest BCUT2D eigenvalue weighted by Gasteiger charge is 2.17. The lowest BCUT2D eigenvalue weighted by molar-refractivity contribution is 0.282. The van der Waals surface area contributed by atoms with E-state index in [2.05, 4.69) is 22.3 Å². The van der Waals surface area contributed by atoms with Gasteiger partial charge in [0, 0.05) is 18.9 Å². The average Bonchev–Trinajstić information content (AvgIpc) is 2.90. The van der Waals surface area contributed by atoms with Gasteiger partial charge in [-0.25, -0.2) is 9.50 Å². The van der Waals surface area contributed by atoms with E-state index in [0.717, 1.165) is 29.7 Å². The standard InChI is InChI=1S/C15H22N4/c1-12-2-4-13(5-3-12)6-8-16-15-14-7-9-18-19(14)11-10-17-15/h7,9-13H,2-6,8H2,1H3,(H,16,17). The van der Waals surface area contributed by atoms with Gasteiger partial charge in [-0.15, -0.1) is 0 Å². The molecule has 0 spiro atoms. The summed E-state index contributed by atoms with van der Waals surface area (Å²) >= 11 is 0. The summed E-state index contributed by atoms with van der Waals surface area (Å²) in [7, 11) is 0. The molecule has 1 N–H and O–H groups in total. The molecule has 2 aromatic heterocycles.